The van der Waals surface area contributed by atoms with Crippen molar-refractivity contribution in [3.8, 4) is 0 Å². The zero-order chi connectivity index (χ0) is 17.4. The summed E-state index contributed by atoms with van der Waals surface area (Å²) < 4.78 is 12.8. The van der Waals surface area contributed by atoms with Crippen LogP contribution in [0.4, 0.5) is 15.0 Å². The summed E-state index contributed by atoms with van der Waals surface area (Å²) in [6.07, 6.45) is 3.50. The van der Waals surface area contributed by atoms with Crippen molar-refractivity contribution in [3.05, 3.63) is 36.3 Å². The molecule has 6 heteroatoms. The number of anilines is 1. The minimum Gasteiger partial charge on any atom is -0.327 e. The summed E-state index contributed by atoms with van der Waals surface area (Å²) in [5, 5.41) is 5.12. The quantitative estimate of drug-likeness (QED) is 0.717. The van der Waals surface area contributed by atoms with Crippen molar-refractivity contribution in [3.63, 3.8) is 0 Å². The predicted octanol–water partition coefficient (Wildman–Crippen LogP) is 3.68. The van der Waals surface area contributed by atoms with Crippen LogP contribution in [0.25, 0.3) is 0 Å². The van der Waals surface area contributed by atoms with Crippen LogP contribution in [0, 0.1) is 11.7 Å². The second-order valence-electron chi connectivity index (χ2n) is 5.75. The lowest BCUT2D eigenvalue weighted by Crippen LogP contribution is -2.46. The second-order valence-corrected chi connectivity index (χ2v) is 5.75. The van der Waals surface area contributed by atoms with Crippen LogP contribution in [0.2, 0.25) is 0 Å². The standard InChI is InChI=1S/C17H24FN3O2/c1-5-6-7-12(4)16(22)15(11(2)3)21-17(23)20-14-9-8-13(18)10-19-14/h8-11,15H,4-7H2,1-3H3,(H2,19,20,21,23). The molecule has 5 nitrogen and oxygen atoms in total. The molecule has 0 saturated carbocycles. The van der Waals surface area contributed by atoms with Gasteiger partial charge in [-0.25, -0.2) is 14.2 Å². The van der Waals surface area contributed by atoms with E-state index in [1.165, 1.54) is 12.1 Å². The Morgan fingerprint density at radius 2 is 2.04 bits per heavy atom. The van der Waals surface area contributed by atoms with E-state index < -0.39 is 17.9 Å². The van der Waals surface area contributed by atoms with Crippen molar-refractivity contribution < 1.29 is 14.0 Å². The van der Waals surface area contributed by atoms with Crippen molar-refractivity contribution in [2.45, 2.75) is 46.1 Å². The van der Waals surface area contributed by atoms with Crippen molar-refractivity contribution in [1.82, 2.24) is 10.3 Å². The van der Waals surface area contributed by atoms with E-state index in [1.54, 1.807) is 0 Å². The maximum Gasteiger partial charge on any atom is 0.321 e. The summed E-state index contributed by atoms with van der Waals surface area (Å²) in [5.41, 5.74) is 0.519. The van der Waals surface area contributed by atoms with Crippen LogP contribution < -0.4 is 10.6 Å². The number of hydrogen-bond donors (Lipinski definition) is 2. The van der Waals surface area contributed by atoms with E-state index in [1.807, 2.05) is 20.8 Å². The maximum absolute atomic E-state index is 12.8. The molecule has 2 N–H and O–H groups in total. The number of amides is 2. The fourth-order valence-electron chi connectivity index (χ4n) is 2.01. The molecule has 0 aliphatic rings. The zero-order valence-corrected chi connectivity index (χ0v) is 13.9. The third-order valence-electron chi connectivity index (χ3n) is 3.39. The average molecular weight is 321 g/mol. The van der Waals surface area contributed by atoms with E-state index in [4.69, 9.17) is 0 Å². The smallest absolute Gasteiger partial charge is 0.321 e. The molecule has 1 atom stereocenters. The molecule has 0 radical (unpaired) electrons. The van der Waals surface area contributed by atoms with Gasteiger partial charge in [0.1, 0.15) is 11.6 Å². The maximum atomic E-state index is 12.8. The summed E-state index contributed by atoms with van der Waals surface area (Å²) in [5.74, 6) is -0.509. The van der Waals surface area contributed by atoms with E-state index in [-0.39, 0.29) is 17.5 Å². The van der Waals surface area contributed by atoms with Gasteiger partial charge in [-0.15, -0.1) is 0 Å². The lowest BCUT2D eigenvalue weighted by Gasteiger charge is -2.22. The monoisotopic (exact) mass is 321 g/mol. The summed E-state index contributed by atoms with van der Waals surface area (Å²) in [7, 11) is 0. The molecule has 0 aliphatic carbocycles. The fraction of sp³-hybridized carbons (Fsp3) is 0.471. The molecule has 0 aromatic carbocycles. The van der Waals surface area contributed by atoms with Gasteiger partial charge < -0.3 is 5.32 Å². The highest BCUT2D eigenvalue weighted by Gasteiger charge is 2.25. The highest BCUT2D eigenvalue weighted by atomic mass is 19.1. The molecular formula is C17H24FN3O2. The van der Waals surface area contributed by atoms with Crippen molar-refractivity contribution in [2.24, 2.45) is 5.92 Å². The van der Waals surface area contributed by atoms with E-state index in [2.05, 4.69) is 22.2 Å². The zero-order valence-electron chi connectivity index (χ0n) is 13.9. The predicted molar refractivity (Wildman–Crippen MR) is 88.6 cm³/mol. The fourth-order valence-corrected chi connectivity index (χ4v) is 2.01. The summed E-state index contributed by atoms with van der Waals surface area (Å²) in [6.45, 7) is 9.57. The Balaban J connectivity index is 2.67. The van der Waals surface area contributed by atoms with Gasteiger partial charge in [0.15, 0.2) is 5.78 Å². The number of nitrogens with zero attached hydrogens (tertiary/aromatic N) is 1. The van der Waals surface area contributed by atoms with Gasteiger partial charge in [0, 0.05) is 0 Å². The Bertz CT molecular complexity index is 555. The number of rotatable bonds is 8. The third kappa shape index (κ3) is 6.18. The molecule has 126 valence electrons. The molecule has 1 aromatic heterocycles. The summed E-state index contributed by atoms with van der Waals surface area (Å²) in [6, 6.07) is 1.33. The number of hydrogen-bond acceptors (Lipinski definition) is 3. The Labute approximate surface area is 136 Å². The largest absolute Gasteiger partial charge is 0.327 e. The molecule has 0 bridgehead atoms. The highest BCUT2D eigenvalue weighted by molar-refractivity contribution is 6.02. The van der Waals surface area contributed by atoms with Gasteiger partial charge in [-0.05, 0) is 36.5 Å². The van der Waals surface area contributed by atoms with Crippen LogP contribution in [-0.4, -0.2) is 22.8 Å². The minimum atomic E-state index is -0.653. The van der Waals surface area contributed by atoms with Gasteiger partial charge in [0.2, 0.25) is 0 Å². The first-order valence-corrected chi connectivity index (χ1v) is 7.76. The number of unbranched alkanes of at least 4 members (excludes halogenated alkanes) is 1. The number of pyridine rings is 1. The number of ketones is 1. The highest BCUT2D eigenvalue weighted by Crippen LogP contribution is 2.13. The molecule has 0 spiro atoms. The molecule has 1 rings (SSSR count). The van der Waals surface area contributed by atoms with Crippen molar-refractivity contribution in [2.75, 3.05) is 5.32 Å². The van der Waals surface area contributed by atoms with Crippen molar-refractivity contribution in [1.29, 1.82) is 0 Å². The second kappa shape index (κ2) is 9.02. The lowest BCUT2D eigenvalue weighted by atomic mass is 9.93. The molecule has 0 aliphatic heterocycles. The first-order chi connectivity index (χ1) is 10.8. The molecule has 0 fully saturated rings. The number of Topliss-reactive ketones (excluding diaryl/α,β-unsaturated/α-hetero) is 1. The SMILES string of the molecule is C=C(CCCC)C(=O)C(NC(=O)Nc1ccc(F)cn1)C(C)C. The van der Waals surface area contributed by atoms with Crippen LogP contribution in [0.15, 0.2) is 30.5 Å². The normalized spacial score (nSPS) is 11.9. The number of carbonyl (C=O) groups excluding carboxylic acids is 2. The van der Waals surface area contributed by atoms with Gasteiger partial charge in [0.05, 0.1) is 12.2 Å². The number of carbonyl (C=O) groups is 2. The van der Waals surface area contributed by atoms with E-state index >= 15 is 0 Å². The molecule has 1 aromatic rings. The number of halogens is 1. The summed E-state index contributed by atoms with van der Waals surface area (Å²) in [4.78, 5) is 28.2. The van der Waals surface area contributed by atoms with Crippen LogP contribution >= 0.6 is 0 Å². The van der Waals surface area contributed by atoms with Crippen LogP contribution in [0.1, 0.15) is 40.0 Å². The Morgan fingerprint density at radius 3 is 2.57 bits per heavy atom. The van der Waals surface area contributed by atoms with Gasteiger partial charge in [-0.3, -0.25) is 10.1 Å². The minimum absolute atomic E-state index is 0.0761. The third-order valence-corrected chi connectivity index (χ3v) is 3.39. The topological polar surface area (TPSA) is 71.1 Å². The number of nitrogens with one attached hydrogen (secondary N) is 2. The van der Waals surface area contributed by atoms with Crippen molar-refractivity contribution >= 4 is 17.6 Å². The Morgan fingerprint density at radius 1 is 1.35 bits per heavy atom. The average Bonchev–Trinajstić information content (AvgIpc) is 2.51. The molecule has 1 unspecified atom stereocenters. The lowest BCUT2D eigenvalue weighted by molar-refractivity contribution is -0.118. The van der Waals surface area contributed by atoms with E-state index in [0.29, 0.717) is 12.0 Å². The van der Waals surface area contributed by atoms with Crippen LogP contribution in [0.3, 0.4) is 0 Å². The van der Waals surface area contributed by atoms with Gasteiger partial charge in [-0.1, -0.05) is 33.8 Å². The number of urea groups is 1. The van der Waals surface area contributed by atoms with Gasteiger partial charge >= 0.3 is 6.03 Å². The Hall–Kier alpha value is -2.24. The Kier molecular flexibility index (Phi) is 7.38. The molecule has 2 amide bonds. The molecule has 0 saturated heterocycles. The number of aromatic nitrogens is 1. The molecular weight excluding hydrogens is 297 g/mol. The van der Waals surface area contributed by atoms with E-state index in [9.17, 15) is 14.0 Å². The van der Waals surface area contributed by atoms with Crippen LogP contribution in [0.5, 0.6) is 0 Å². The van der Waals surface area contributed by atoms with Gasteiger partial charge in [0.25, 0.3) is 0 Å². The first kappa shape index (κ1) is 18.8. The van der Waals surface area contributed by atoms with E-state index in [0.717, 1.165) is 19.0 Å². The first-order valence-electron chi connectivity index (χ1n) is 7.76. The molecule has 1 heterocycles. The van der Waals surface area contributed by atoms with Gasteiger partial charge in [-0.2, -0.15) is 0 Å². The molecule has 23 heavy (non-hydrogen) atoms. The van der Waals surface area contributed by atoms with Crippen LogP contribution in [-0.2, 0) is 4.79 Å². The summed E-state index contributed by atoms with van der Waals surface area (Å²) >= 11 is 0.